The van der Waals surface area contributed by atoms with Gasteiger partial charge in [0, 0.05) is 38.3 Å². The molecule has 0 atom stereocenters. The maximum Gasteiger partial charge on any atom is 0.321 e. The van der Waals surface area contributed by atoms with Crippen LogP contribution in [-0.4, -0.2) is 47.9 Å². The van der Waals surface area contributed by atoms with Gasteiger partial charge in [0.2, 0.25) is 5.91 Å². The number of hydrogen-bond acceptors (Lipinski definition) is 2. The Hall–Kier alpha value is -2.04. The number of urea groups is 1. The van der Waals surface area contributed by atoms with Gasteiger partial charge in [-0.3, -0.25) is 4.79 Å². The number of hydrogen-bond donors (Lipinski definition) is 1. The molecule has 0 aromatic heterocycles. The van der Waals surface area contributed by atoms with Gasteiger partial charge in [0.25, 0.3) is 0 Å². The normalized spacial score (nSPS) is 15.1. The number of amides is 3. The Morgan fingerprint density at radius 1 is 1.19 bits per heavy atom. The molecule has 0 saturated carbocycles. The average Bonchev–Trinajstić information content (AvgIpc) is 2.61. The van der Waals surface area contributed by atoms with E-state index >= 15 is 0 Å². The minimum Gasteiger partial charge on any atom is -0.343 e. The highest BCUT2D eigenvalue weighted by Crippen LogP contribution is 2.20. The third-order valence-electron chi connectivity index (χ3n) is 5.32. The van der Waals surface area contributed by atoms with Crippen molar-refractivity contribution in [1.29, 1.82) is 0 Å². The molecule has 3 amide bonds. The molecule has 0 unspecified atom stereocenters. The fourth-order valence-corrected chi connectivity index (χ4v) is 3.56. The third kappa shape index (κ3) is 6.26. The van der Waals surface area contributed by atoms with Crippen molar-refractivity contribution in [3.63, 3.8) is 0 Å². The zero-order valence-corrected chi connectivity index (χ0v) is 17.5. The fraction of sp³-hybridized carbons (Fsp3) is 0.636. The molecule has 1 aliphatic rings. The largest absolute Gasteiger partial charge is 0.343 e. The Bertz CT molecular complexity index is 629. The van der Waals surface area contributed by atoms with Gasteiger partial charge in [-0.25, -0.2) is 4.79 Å². The second kappa shape index (κ2) is 9.77. The summed E-state index contributed by atoms with van der Waals surface area (Å²) < 4.78 is 0. The molecular formula is C22H35N3O2. The first-order valence-electron chi connectivity index (χ1n) is 10.2. The minimum absolute atomic E-state index is 0.124. The van der Waals surface area contributed by atoms with Gasteiger partial charge in [-0.05, 0) is 49.7 Å². The first-order valence-corrected chi connectivity index (χ1v) is 10.2. The van der Waals surface area contributed by atoms with E-state index in [2.05, 4.69) is 26.1 Å². The summed E-state index contributed by atoms with van der Waals surface area (Å²) in [6.45, 7) is 13.2. The number of rotatable bonds is 6. The molecule has 0 radical (unpaired) electrons. The lowest BCUT2D eigenvalue weighted by Crippen LogP contribution is -2.42. The Kier molecular flexibility index (Phi) is 7.69. The van der Waals surface area contributed by atoms with E-state index in [1.54, 1.807) is 4.90 Å². The minimum atomic E-state index is -0.124. The van der Waals surface area contributed by atoms with Crippen LogP contribution in [-0.2, 0) is 4.79 Å². The molecule has 1 fully saturated rings. The van der Waals surface area contributed by atoms with Crippen molar-refractivity contribution in [2.24, 2.45) is 11.8 Å². The molecule has 1 aromatic carbocycles. The molecule has 0 bridgehead atoms. The number of carbonyl (C=O) groups excluding carboxylic acids is 2. The number of nitrogens with one attached hydrogen (secondary N) is 1. The van der Waals surface area contributed by atoms with E-state index in [9.17, 15) is 9.59 Å². The zero-order chi connectivity index (χ0) is 20.0. The van der Waals surface area contributed by atoms with Crippen molar-refractivity contribution < 1.29 is 9.59 Å². The summed E-state index contributed by atoms with van der Waals surface area (Å²) in [5.41, 5.74) is 2.96. The lowest BCUT2D eigenvalue weighted by Gasteiger charge is -2.31. The molecule has 150 valence electrons. The number of likely N-dealkylation sites (tertiary alicyclic amines) is 1. The van der Waals surface area contributed by atoms with E-state index in [1.165, 1.54) is 0 Å². The predicted molar refractivity (Wildman–Crippen MR) is 111 cm³/mol. The summed E-state index contributed by atoms with van der Waals surface area (Å²) in [7, 11) is 0. The van der Waals surface area contributed by atoms with Crippen LogP contribution in [0.3, 0.4) is 0 Å². The molecule has 1 N–H and O–H groups in total. The quantitative estimate of drug-likeness (QED) is 0.801. The van der Waals surface area contributed by atoms with E-state index in [4.69, 9.17) is 0 Å². The van der Waals surface area contributed by atoms with Gasteiger partial charge in [-0.1, -0.05) is 39.0 Å². The second-order valence-electron chi connectivity index (χ2n) is 8.35. The molecule has 1 heterocycles. The maximum absolute atomic E-state index is 12.9. The summed E-state index contributed by atoms with van der Waals surface area (Å²) in [6.07, 6.45) is 2.55. The first-order chi connectivity index (χ1) is 12.8. The number of piperidine rings is 1. The van der Waals surface area contributed by atoms with E-state index in [0.717, 1.165) is 42.7 Å². The van der Waals surface area contributed by atoms with Crippen molar-refractivity contribution in [3.05, 3.63) is 29.3 Å². The van der Waals surface area contributed by atoms with Crippen molar-refractivity contribution in [1.82, 2.24) is 9.80 Å². The van der Waals surface area contributed by atoms with Crippen LogP contribution < -0.4 is 5.32 Å². The van der Waals surface area contributed by atoms with Crippen molar-refractivity contribution >= 4 is 17.6 Å². The number of anilines is 1. The fourth-order valence-electron chi connectivity index (χ4n) is 3.56. The van der Waals surface area contributed by atoms with Gasteiger partial charge in [-0.2, -0.15) is 0 Å². The highest BCUT2D eigenvalue weighted by Gasteiger charge is 2.22. The predicted octanol–water partition coefficient (Wildman–Crippen LogP) is 4.44. The lowest BCUT2D eigenvalue weighted by molar-refractivity contribution is -0.132. The Morgan fingerprint density at radius 3 is 2.33 bits per heavy atom. The van der Waals surface area contributed by atoms with Gasteiger partial charge < -0.3 is 15.1 Å². The van der Waals surface area contributed by atoms with E-state index in [-0.39, 0.29) is 11.9 Å². The standard InChI is InChI=1S/C22H35N3O2/c1-16(2)15-25(14-11-20(26)24-12-9-17(3)10-13-24)22(27)23-21-18(4)7-6-8-19(21)5/h6-8,16-17H,9-15H2,1-5H3,(H,23,27). The van der Waals surface area contributed by atoms with Crippen molar-refractivity contribution in [2.45, 2.75) is 53.9 Å². The second-order valence-corrected chi connectivity index (χ2v) is 8.35. The summed E-state index contributed by atoms with van der Waals surface area (Å²) in [5.74, 6) is 1.21. The summed E-state index contributed by atoms with van der Waals surface area (Å²) in [5, 5.41) is 3.06. The van der Waals surface area contributed by atoms with Gasteiger partial charge in [-0.15, -0.1) is 0 Å². The van der Waals surface area contributed by atoms with Crippen molar-refractivity contribution in [2.75, 3.05) is 31.5 Å². The van der Waals surface area contributed by atoms with Crippen LogP contribution in [0.15, 0.2) is 18.2 Å². The molecule has 1 aliphatic heterocycles. The van der Waals surface area contributed by atoms with Crippen LogP contribution in [0.5, 0.6) is 0 Å². The van der Waals surface area contributed by atoms with Crippen LogP contribution in [0, 0.1) is 25.7 Å². The maximum atomic E-state index is 12.9. The number of aryl methyl sites for hydroxylation is 2. The summed E-state index contributed by atoms with van der Waals surface area (Å²) in [4.78, 5) is 29.2. The van der Waals surface area contributed by atoms with Crippen LogP contribution in [0.2, 0.25) is 0 Å². The van der Waals surface area contributed by atoms with Gasteiger partial charge >= 0.3 is 6.03 Å². The molecule has 0 aliphatic carbocycles. The number of carbonyl (C=O) groups is 2. The van der Waals surface area contributed by atoms with Crippen molar-refractivity contribution in [3.8, 4) is 0 Å². The van der Waals surface area contributed by atoms with Crippen LogP contribution in [0.25, 0.3) is 0 Å². The lowest BCUT2D eigenvalue weighted by atomic mass is 9.99. The smallest absolute Gasteiger partial charge is 0.321 e. The number of para-hydroxylation sites is 1. The Morgan fingerprint density at radius 2 is 1.78 bits per heavy atom. The molecule has 5 heteroatoms. The Labute approximate surface area is 164 Å². The van der Waals surface area contributed by atoms with Crippen LogP contribution in [0.1, 0.15) is 51.2 Å². The van der Waals surface area contributed by atoms with Gasteiger partial charge in [0.1, 0.15) is 0 Å². The molecule has 2 rings (SSSR count). The number of benzene rings is 1. The molecule has 1 aromatic rings. The van der Waals surface area contributed by atoms with E-state index < -0.39 is 0 Å². The topological polar surface area (TPSA) is 52.7 Å². The monoisotopic (exact) mass is 373 g/mol. The molecular weight excluding hydrogens is 338 g/mol. The molecule has 0 spiro atoms. The van der Waals surface area contributed by atoms with Crippen LogP contribution >= 0.6 is 0 Å². The molecule has 1 saturated heterocycles. The zero-order valence-electron chi connectivity index (χ0n) is 17.5. The highest BCUT2D eigenvalue weighted by molar-refractivity contribution is 5.91. The Balaban J connectivity index is 1.97. The van der Waals surface area contributed by atoms with Crippen LogP contribution in [0.4, 0.5) is 10.5 Å². The number of nitrogens with zero attached hydrogens (tertiary/aromatic N) is 2. The average molecular weight is 374 g/mol. The first kappa shape index (κ1) is 21.3. The molecule has 5 nitrogen and oxygen atoms in total. The summed E-state index contributed by atoms with van der Waals surface area (Å²) in [6, 6.07) is 5.86. The SMILES string of the molecule is Cc1cccc(C)c1NC(=O)N(CCC(=O)N1CCC(C)CC1)CC(C)C. The summed E-state index contributed by atoms with van der Waals surface area (Å²) >= 11 is 0. The van der Waals surface area contributed by atoms with Gasteiger partial charge in [0.15, 0.2) is 0 Å². The van der Waals surface area contributed by atoms with Gasteiger partial charge in [0.05, 0.1) is 0 Å². The molecule has 27 heavy (non-hydrogen) atoms. The highest BCUT2D eigenvalue weighted by atomic mass is 16.2. The third-order valence-corrected chi connectivity index (χ3v) is 5.32. The van der Waals surface area contributed by atoms with E-state index in [1.807, 2.05) is 36.9 Å². The van der Waals surface area contributed by atoms with E-state index in [0.29, 0.717) is 31.3 Å².